The summed E-state index contributed by atoms with van der Waals surface area (Å²) in [6.07, 6.45) is 5.67. The molecule has 1 saturated carbocycles. The molecular formula is C13H26N4O. The Hall–Kier alpha value is -0.810. The first-order chi connectivity index (χ1) is 8.54. The van der Waals surface area contributed by atoms with Crippen LogP contribution in [0.1, 0.15) is 32.1 Å². The molecule has 1 aliphatic carbocycles. The molecule has 1 aliphatic heterocycles. The Morgan fingerprint density at radius 3 is 2.56 bits per heavy atom. The lowest BCUT2D eigenvalue weighted by atomic mass is 9.98. The molecule has 5 heteroatoms. The van der Waals surface area contributed by atoms with Crippen LogP contribution in [0.2, 0.25) is 0 Å². The minimum absolute atomic E-state index is 0.286. The molecule has 0 atom stereocenters. The number of rotatable bonds is 5. The lowest BCUT2D eigenvalue weighted by Gasteiger charge is -2.36. The van der Waals surface area contributed by atoms with Crippen molar-refractivity contribution in [1.29, 1.82) is 0 Å². The van der Waals surface area contributed by atoms with E-state index < -0.39 is 0 Å². The van der Waals surface area contributed by atoms with Crippen LogP contribution in [0.15, 0.2) is 5.16 Å². The van der Waals surface area contributed by atoms with Crippen LogP contribution in [0.3, 0.4) is 0 Å². The third-order valence-corrected chi connectivity index (χ3v) is 4.54. The highest BCUT2D eigenvalue weighted by Gasteiger charge is 2.44. The molecule has 0 aromatic heterocycles. The Morgan fingerprint density at radius 2 is 2.06 bits per heavy atom. The maximum absolute atomic E-state index is 8.68. The maximum atomic E-state index is 8.68. The Kier molecular flexibility index (Phi) is 4.12. The molecule has 18 heavy (non-hydrogen) atoms. The van der Waals surface area contributed by atoms with Gasteiger partial charge in [-0.3, -0.25) is 0 Å². The van der Waals surface area contributed by atoms with E-state index in [9.17, 15) is 0 Å². The fraction of sp³-hybridized carbons (Fsp3) is 0.923. The van der Waals surface area contributed by atoms with Crippen LogP contribution in [0.25, 0.3) is 0 Å². The third-order valence-electron chi connectivity index (χ3n) is 4.54. The molecule has 0 unspecified atom stereocenters. The highest BCUT2D eigenvalue weighted by Crippen LogP contribution is 2.49. The van der Waals surface area contributed by atoms with Crippen molar-refractivity contribution in [3.63, 3.8) is 0 Å². The minimum Gasteiger partial charge on any atom is -0.409 e. The largest absolute Gasteiger partial charge is 0.409 e. The first kappa shape index (κ1) is 13.6. The fourth-order valence-electron chi connectivity index (χ4n) is 3.08. The van der Waals surface area contributed by atoms with Crippen molar-refractivity contribution in [3.05, 3.63) is 0 Å². The zero-order valence-corrected chi connectivity index (χ0v) is 11.6. The fourth-order valence-corrected chi connectivity index (χ4v) is 3.08. The monoisotopic (exact) mass is 254 g/mol. The molecule has 0 amide bonds. The van der Waals surface area contributed by atoms with E-state index in [2.05, 4.69) is 29.1 Å². The average Bonchev–Trinajstić information content (AvgIpc) is 3.09. The van der Waals surface area contributed by atoms with Crippen LogP contribution in [0.5, 0.6) is 0 Å². The quantitative estimate of drug-likeness (QED) is 0.331. The van der Waals surface area contributed by atoms with Crippen LogP contribution in [-0.4, -0.2) is 60.6 Å². The topological polar surface area (TPSA) is 65.1 Å². The zero-order chi connectivity index (χ0) is 13.2. The average molecular weight is 254 g/mol. The first-order valence-corrected chi connectivity index (χ1v) is 6.90. The molecule has 3 N–H and O–H groups in total. The summed E-state index contributed by atoms with van der Waals surface area (Å²) in [5.74, 6) is 0.379. The summed E-state index contributed by atoms with van der Waals surface area (Å²) in [6, 6.07) is 0.700. The van der Waals surface area contributed by atoms with Crippen molar-refractivity contribution in [2.75, 3.05) is 33.7 Å². The van der Waals surface area contributed by atoms with Gasteiger partial charge in [-0.15, -0.1) is 0 Å². The molecular weight excluding hydrogens is 228 g/mol. The number of hydrogen-bond donors (Lipinski definition) is 2. The van der Waals surface area contributed by atoms with Crippen LogP contribution < -0.4 is 5.73 Å². The van der Waals surface area contributed by atoms with Crippen molar-refractivity contribution in [2.45, 2.75) is 38.1 Å². The molecule has 0 radical (unpaired) electrons. The van der Waals surface area contributed by atoms with Gasteiger partial charge in [0.05, 0.1) is 0 Å². The summed E-state index contributed by atoms with van der Waals surface area (Å²) in [7, 11) is 4.42. The molecule has 2 fully saturated rings. The Labute approximate surface area is 110 Å². The van der Waals surface area contributed by atoms with E-state index in [-0.39, 0.29) is 5.41 Å². The van der Waals surface area contributed by atoms with Gasteiger partial charge in [0.1, 0.15) is 5.84 Å². The number of likely N-dealkylation sites (tertiary alicyclic amines) is 1. The number of oxime groups is 1. The number of nitrogens with zero attached hydrogens (tertiary/aromatic N) is 3. The van der Waals surface area contributed by atoms with Gasteiger partial charge in [-0.25, -0.2) is 0 Å². The van der Waals surface area contributed by atoms with Crippen LogP contribution in [0.4, 0.5) is 0 Å². The van der Waals surface area contributed by atoms with Crippen LogP contribution >= 0.6 is 0 Å². The van der Waals surface area contributed by atoms with E-state index in [1.165, 1.54) is 38.8 Å². The van der Waals surface area contributed by atoms with E-state index in [0.717, 1.165) is 13.0 Å². The normalized spacial score (nSPS) is 25.6. The van der Waals surface area contributed by atoms with Gasteiger partial charge in [0.25, 0.3) is 0 Å². The Morgan fingerprint density at radius 1 is 1.44 bits per heavy atom. The number of nitrogens with two attached hydrogens (primary N) is 1. The summed E-state index contributed by atoms with van der Waals surface area (Å²) in [6.45, 7) is 3.47. The predicted molar refractivity (Wildman–Crippen MR) is 72.8 cm³/mol. The van der Waals surface area contributed by atoms with E-state index in [1.54, 1.807) is 0 Å². The zero-order valence-electron chi connectivity index (χ0n) is 11.6. The number of piperidine rings is 1. The van der Waals surface area contributed by atoms with Crippen LogP contribution in [0, 0.1) is 5.41 Å². The first-order valence-electron chi connectivity index (χ1n) is 6.90. The molecule has 104 valence electrons. The van der Waals surface area contributed by atoms with Gasteiger partial charge in [-0.05, 0) is 58.3 Å². The summed E-state index contributed by atoms with van der Waals surface area (Å²) in [5.41, 5.74) is 5.93. The smallest absolute Gasteiger partial charge is 0.139 e. The summed E-state index contributed by atoms with van der Waals surface area (Å²) >= 11 is 0. The lowest BCUT2D eigenvalue weighted by molar-refractivity contribution is 0.125. The second kappa shape index (κ2) is 5.45. The molecule has 5 nitrogen and oxygen atoms in total. The molecule has 2 aliphatic rings. The lowest BCUT2D eigenvalue weighted by Crippen LogP contribution is -2.44. The Balaban J connectivity index is 1.82. The highest BCUT2D eigenvalue weighted by molar-refractivity contribution is 5.80. The van der Waals surface area contributed by atoms with Crippen molar-refractivity contribution in [3.8, 4) is 0 Å². The van der Waals surface area contributed by atoms with Crippen molar-refractivity contribution in [1.82, 2.24) is 9.80 Å². The van der Waals surface area contributed by atoms with Gasteiger partial charge in [0, 0.05) is 19.0 Å². The summed E-state index contributed by atoms with van der Waals surface area (Å²) in [4.78, 5) is 4.89. The molecule has 0 aromatic carbocycles. The minimum atomic E-state index is 0.286. The Bertz CT molecular complexity index is 306. The van der Waals surface area contributed by atoms with Gasteiger partial charge in [0.2, 0.25) is 0 Å². The van der Waals surface area contributed by atoms with E-state index in [1.807, 2.05) is 0 Å². The summed E-state index contributed by atoms with van der Waals surface area (Å²) < 4.78 is 0. The summed E-state index contributed by atoms with van der Waals surface area (Å²) in [5, 5.41) is 11.8. The number of amidine groups is 1. The van der Waals surface area contributed by atoms with Gasteiger partial charge in [-0.2, -0.15) is 0 Å². The molecule has 2 rings (SSSR count). The maximum Gasteiger partial charge on any atom is 0.139 e. The molecule has 1 saturated heterocycles. The standard InChI is InChI=1S/C13H26N4O/c1-16-7-3-11(4-8-16)17(2)10-13(5-6-13)9-12(14)15-18/h11,18H,3-10H2,1-2H3,(H2,14,15). The molecule has 0 bridgehead atoms. The van der Waals surface area contributed by atoms with Crippen molar-refractivity contribution < 1.29 is 5.21 Å². The molecule has 0 spiro atoms. The van der Waals surface area contributed by atoms with Gasteiger partial charge in [0.15, 0.2) is 0 Å². The number of hydrogen-bond acceptors (Lipinski definition) is 4. The van der Waals surface area contributed by atoms with Crippen molar-refractivity contribution in [2.24, 2.45) is 16.3 Å². The highest BCUT2D eigenvalue weighted by atomic mass is 16.4. The van der Waals surface area contributed by atoms with E-state index in [4.69, 9.17) is 10.9 Å². The third kappa shape index (κ3) is 3.36. The van der Waals surface area contributed by atoms with Crippen LogP contribution in [-0.2, 0) is 0 Å². The van der Waals surface area contributed by atoms with Gasteiger partial charge in [-0.1, -0.05) is 5.16 Å². The predicted octanol–water partition coefficient (Wildman–Crippen LogP) is 0.929. The van der Waals surface area contributed by atoms with E-state index >= 15 is 0 Å². The second-order valence-corrected chi connectivity index (χ2v) is 6.22. The SMILES string of the molecule is CN1CCC(N(C)CC2(CC(N)=NO)CC2)CC1. The molecule has 1 heterocycles. The van der Waals surface area contributed by atoms with E-state index in [0.29, 0.717) is 11.9 Å². The van der Waals surface area contributed by atoms with Gasteiger partial charge >= 0.3 is 0 Å². The van der Waals surface area contributed by atoms with Gasteiger partial charge < -0.3 is 20.7 Å². The molecule has 0 aromatic rings. The van der Waals surface area contributed by atoms with Crippen molar-refractivity contribution >= 4 is 5.84 Å². The second-order valence-electron chi connectivity index (χ2n) is 6.22.